The molecule has 1 aliphatic rings. The zero-order chi connectivity index (χ0) is 19.2. The van der Waals surface area contributed by atoms with E-state index in [1.807, 2.05) is 37.3 Å². The number of aryl methyl sites for hydroxylation is 2. The maximum atomic E-state index is 12.4. The Bertz CT molecular complexity index is 783. The SMILES string of the molecule is CCc1nc(NC(=O)CN2CCC(C(=O)Nc3ccccc3)CC2)sc1C. The van der Waals surface area contributed by atoms with Gasteiger partial charge in [0.2, 0.25) is 11.8 Å². The molecule has 1 fully saturated rings. The summed E-state index contributed by atoms with van der Waals surface area (Å²) in [6.45, 7) is 5.92. The highest BCUT2D eigenvalue weighted by Gasteiger charge is 2.26. The Balaban J connectivity index is 1.43. The number of aromatic nitrogens is 1. The van der Waals surface area contributed by atoms with Crippen LogP contribution < -0.4 is 10.6 Å². The van der Waals surface area contributed by atoms with Crippen LogP contribution in [0.4, 0.5) is 10.8 Å². The minimum Gasteiger partial charge on any atom is -0.326 e. The lowest BCUT2D eigenvalue weighted by Gasteiger charge is -2.30. The highest BCUT2D eigenvalue weighted by Crippen LogP contribution is 2.23. The Morgan fingerprint density at radius 1 is 1.19 bits per heavy atom. The number of carbonyl (C=O) groups excluding carboxylic acids is 2. The number of para-hydroxylation sites is 1. The molecule has 0 saturated carbocycles. The number of rotatable bonds is 6. The van der Waals surface area contributed by atoms with Crippen LogP contribution in [0.5, 0.6) is 0 Å². The first-order chi connectivity index (χ1) is 13.0. The lowest BCUT2D eigenvalue weighted by Crippen LogP contribution is -2.41. The number of piperidine rings is 1. The van der Waals surface area contributed by atoms with Crippen LogP contribution in [0, 0.1) is 12.8 Å². The summed E-state index contributed by atoms with van der Waals surface area (Å²) in [5.74, 6) is 0.0208. The van der Waals surface area contributed by atoms with Crippen molar-refractivity contribution in [2.75, 3.05) is 30.3 Å². The molecule has 0 spiro atoms. The van der Waals surface area contributed by atoms with Crippen molar-refractivity contribution in [1.82, 2.24) is 9.88 Å². The summed E-state index contributed by atoms with van der Waals surface area (Å²) in [5.41, 5.74) is 1.87. The summed E-state index contributed by atoms with van der Waals surface area (Å²) in [6.07, 6.45) is 2.40. The number of likely N-dealkylation sites (tertiary alicyclic amines) is 1. The van der Waals surface area contributed by atoms with Crippen LogP contribution in [-0.2, 0) is 16.0 Å². The summed E-state index contributed by atoms with van der Waals surface area (Å²) in [4.78, 5) is 32.4. The summed E-state index contributed by atoms with van der Waals surface area (Å²) < 4.78 is 0. The number of carbonyl (C=O) groups is 2. The van der Waals surface area contributed by atoms with Gasteiger partial charge in [-0.15, -0.1) is 11.3 Å². The van der Waals surface area contributed by atoms with Gasteiger partial charge in [-0.2, -0.15) is 0 Å². The number of amides is 2. The Morgan fingerprint density at radius 2 is 1.89 bits per heavy atom. The molecule has 2 heterocycles. The van der Waals surface area contributed by atoms with Crippen LogP contribution in [-0.4, -0.2) is 41.3 Å². The molecule has 0 atom stereocenters. The van der Waals surface area contributed by atoms with E-state index in [0.29, 0.717) is 11.7 Å². The minimum absolute atomic E-state index is 0.00163. The van der Waals surface area contributed by atoms with Crippen molar-refractivity contribution in [3.8, 4) is 0 Å². The Hall–Kier alpha value is -2.25. The van der Waals surface area contributed by atoms with E-state index < -0.39 is 0 Å². The van der Waals surface area contributed by atoms with E-state index in [1.54, 1.807) is 0 Å². The zero-order valence-electron chi connectivity index (χ0n) is 15.8. The van der Waals surface area contributed by atoms with E-state index in [2.05, 4.69) is 27.4 Å². The zero-order valence-corrected chi connectivity index (χ0v) is 16.6. The maximum absolute atomic E-state index is 12.4. The van der Waals surface area contributed by atoms with Crippen LogP contribution in [0.2, 0.25) is 0 Å². The molecule has 1 aromatic carbocycles. The van der Waals surface area contributed by atoms with Crippen molar-refractivity contribution < 1.29 is 9.59 Å². The van der Waals surface area contributed by atoms with Crippen molar-refractivity contribution in [1.29, 1.82) is 0 Å². The molecule has 2 aromatic rings. The van der Waals surface area contributed by atoms with Crippen LogP contribution in [0.1, 0.15) is 30.3 Å². The fourth-order valence-electron chi connectivity index (χ4n) is 3.29. The first-order valence-corrected chi connectivity index (χ1v) is 10.2. The second-order valence-corrected chi connectivity index (χ2v) is 8.03. The molecule has 144 valence electrons. The predicted octanol–water partition coefficient (Wildman–Crippen LogP) is 3.30. The number of hydrogen-bond acceptors (Lipinski definition) is 5. The van der Waals surface area contributed by atoms with Gasteiger partial charge in [-0.1, -0.05) is 25.1 Å². The molecule has 6 nitrogen and oxygen atoms in total. The molecule has 0 bridgehead atoms. The molecule has 7 heteroatoms. The largest absolute Gasteiger partial charge is 0.326 e. The second kappa shape index (κ2) is 9.10. The van der Waals surface area contributed by atoms with Crippen LogP contribution in [0.15, 0.2) is 30.3 Å². The second-order valence-electron chi connectivity index (χ2n) is 6.83. The van der Waals surface area contributed by atoms with Crippen molar-refractivity contribution >= 4 is 34.0 Å². The van der Waals surface area contributed by atoms with Crippen molar-refractivity contribution in [2.45, 2.75) is 33.1 Å². The highest BCUT2D eigenvalue weighted by atomic mass is 32.1. The van der Waals surface area contributed by atoms with E-state index in [9.17, 15) is 9.59 Å². The van der Waals surface area contributed by atoms with Crippen molar-refractivity contribution in [2.24, 2.45) is 5.92 Å². The van der Waals surface area contributed by atoms with E-state index >= 15 is 0 Å². The Labute approximate surface area is 164 Å². The summed E-state index contributed by atoms with van der Waals surface area (Å²) in [5, 5.41) is 6.54. The Morgan fingerprint density at radius 3 is 2.52 bits per heavy atom. The summed E-state index contributed by atoms with van der Waals surface area (Å²) in [7, 11) is 0. The standard InChI is InChI=1S/C20H26N4O2S/c1-3-17-14(2)27-20(22-17)23-18(25)13-24-11-9-15(10-12-24)19(26)21-16-7-5-4-6-8-16/h4-8,15H,3,9-13H2,1-2H3,(H,21,26)(H,22,23,25). The number of nitrogens with zero attached hydrogens (tertiary/aromatic N) is 2. The first kappa shape index (κ1) is 19.5. The fourth-order valence-corrected chi connectivity index (χ4v) is 4.21. The van der Waals surface area contributed by atoms with Gasteiger partial charge >= 0.3 is 0 Å². The molecular formula is C20H26N4O2S. The van der Waals surface area contributed by atoms with Gasteiger partial charge in [-0.25, -0.2) is 4.98 Å². The number of anilines is 2. The number of nitrogens with one attached hydrogen (secondary N) is 2. The van der Waals surface area contributed by atoms with E-state index in [4.69, 9.17) is 0 Å². The van der Waals surface area contributed by atoms with Gasteiger partial charge in [0.25, 0.3) is 0 Å². The number of benzene rings is 1. The average Bonchev–Trinajstić information content (AvgIpc) is 3.02. The molecular weight excluding hydrogens is 360 g/mol. The van der Waals surface area contributed by atoms with E-state index in [1.165, 1.54) is 11.3 Å². The topological polar surface area (TPSA) is 74.3 Å². The third-order valence-electron chi connectivity index (χ3n) is 4.84. The first-order valence-electron chi connectivity index (χ1n) is 9.39. The van der Waals surface area contributed by atoms with Crippen molar-refractivity contribution in [3.63, 3.8) is 0 Å². The van der Waals surface area contributed by atoms with Gasteiger partial charge in [0.1, 0.15) is 0 Å². The predicted molar refractivity (Wildman–Crippen MR) is 109 cm³/mol. The van der Waals surface area contributed by atoms with Crippen LogP contribution in [0.3, 0.4) is 0 Å². The molecule has 0 radical (unpaired) electrons. The van der Waals surface area contributed by atoms with Gasteiger partial charge in [-0.05, 0) is 51.4 Å². The van der Waals surface area contributed by atoms with Crippen LogP contribution >= 0.6 is 11.3 Å². The summed E-state index contributed by atoms with van der Waals surface area (Å²) in [6, 6.07) is 9.52. The molecule has 2 N–H and O–H groups in total. The minimum atomic E-state index is -0.0430. The quantitative estimate of drug-likeness (QED) is 0.799. The lowest BCUT2D eigenvalue weighted by molar-refractivity contribution is -0.121. The fraction of sp³-hybridized carbons (Fsp3) is 0.450. The molecule has 27 heavy (non-hydrogen) atoms. The van der Waals surface area contributed by atoms with Gasteiger partial charge in [0.05, 0.1) is 12.2 Å². The van der Waals surface area contributed by atoms with E-state index in [0.717, 1.165) is 48.6 Å². The van der Waals surface area contributed by atoms with Crippen molar-refractivity contribution in [3.05, 3.63) is 40.9 Å². The monoisotopic (exact) mass is 386 g/mol. The molecule has 1 aliphatic heterocycles. The summed E-state index contributed by atoms with van der Waals surface area (Å²) >= 11 is 1.52. The molecule has 2 amide bonds. The maximum Gasteiger partial charge on any atom is 0.240 e. The average molecular weight is 387 g/mol. The van der Waals surface area contributed by atoms with Crippen LogP contribution in [0.25, 0.3) is 0 Å². The molecule has 0 unspecified atom stereocenters. The highest BCUT2D eigenvalue weighted by molar-refractivity contribution is 7.15. The Kier molecular flexibility index (Phi) is 6.58. The van der Waals surface area contributed by atoms with Gasteiger partial charge in [-0.3, -0.25) is 14.5 Å². The number of hydrogen-bond donors (Lipinski definition) is 2. The van der Waals surface area contributed by atoms with E-state index in [-0.39, 0.29) is 17.7 Å². The molecule has 0 aliphatic carbocycles. The van der Waals surface area contributed by atoms with Gasteiger partial charge in [0.15, 0.2) is 5.13 Å². The van der Waals surface area contributed by atoms with Gasteiger partial charge in [0, 0.05) is 16.5 Å². The molecule has 1 saturated heterocycles. The third kappa shape index (κ3) is 5.37. The molecule has 1 aromatic heterocycles. The smallest absolute Gasteiger partial charge is 0.240 e. The number of thiazole rings is 1. The third-order valence-corrected chi connectivity index (χ3v) is 5.77. The lowest BCUT2D eigenvalue weighted by atomic mass is 9.96. The normalized spacial score (nSPS) is 15.5. The molecule has 3 rings (SSSR count). The van der Waals surface area contributed by atoms with Gasteiger partial charge < -0.3 is 10.6 Å².